The molecule has 2 aliphatic heterocycles. The predicted octanol–water partition coefficient (Wildman–Crippen LogP) is 2.20. The molecule has 0 saturated carbocycles. The lowest BCUT2D eigenvalue weighted by Crippen LogP contribution is -2.41. The molecule has 0 bridgehead atoms. The average Bonchev–Trinajstić information content (AvgIpc) is 2.76. The van der Waals surface area contributed by atoms with Crippen molar-refractivity contribution in [3.8, 4) is 0 Å². The van der Waals surface area contributed by atoms with E-state index in [4.69, 9.17) is 23.0 Å². The van der Waals surface area contributed by atoms with E-state index in [9.17, 15) is 0 Å². The van der Waals surface area contributed by atoms with Gasteiger partial charge >= 0.3 is 7.12 Å². The van der Waals surface area contributed by atoms with E-state index in [0.29, 0.717) is 4.90 Å². The molecule has 0 radical (unpaired) electrons. The Morgan fingerprint density at radius 1 is 1.21 bits per heavy atom. The number of rotatable bonds is 2. The van der Waals surface area contributed by atoms with Crippen LogP contribution in [0.2, 0.25) is 0 Å². The number of hydrogen-bond acceptors (Lipinski definition) is 3. The van der Waals surface area contributed by atoms with Crippen LogP contribution >= 0.6 is 0 Å². The van der Waals surface area contributed by atoms with Crippen molar-refractivity contribution in [1.82, 2.24) is 0 Å². The molecule has 102 valence electrons. The van der Waals surface area contributed by atoms with Crippen molar-refractivity contribution >= 4 is 18.3 Å². The van der Waals surface area contributed by atoms with Gasteiger partial charge in [-0.1, -0.05) is 12.1 Å². The third-order valence-electron chi connectivity index (χ3n) is 3.68. The summed E-state index contributed by atoms with van der Waals surface area (Å²) in [6, 6.07) is -2.49. The number of benzene rings is 1. The van der Waals surface area contributed by atoms with Gasteiger partial charge in [-0.05, 0) is 51.6 Å². The summed E-state index contributed by atoms with van der Waals surface area (Å²) in [5.74, 6) is 0. The fraction of sp³-hybridized carbons (Fsp3) is 0.600. The SMILES string of the molecule is [2H]c1c([2H])c(B2OC(C)(C)C(C)(C)O2)c([2H])c(N2C([2H])([2H])C([2H])([2H])C2([2H])[2H])c1[2H]. The van der Waals surface area contributed by atoms with Crippen LogP contribution in [-0.4, -0.2) is 31.3 Å². The van der Waals surface area contributed by atoms with Gasteiger partial charge in [-0.2, -0.15) is 0 Å². The van der Waals surface area contributed by atoms with Crippen molar-refractivity contribution in [3.63, 3.8) is 0 Å². The van der Waals surface area contributed by atoms with Gasteiger partial charge in [0, 0.05) is 26.9 Å². The molecule has 0 unspecified atom stereocenters. The van der Waals surface area contributed by atoms with Crippen LogP contribution < -0.4 is 10.4 Å². The number of hydrogen-bond donors (Lipinski definition) is 0. The van der Waals surface area contributed by atoms with Crippen LogP contribution in [0.3, 0.4) is 0 Å². The van der Waals surface area contributed by atoms with Crippen molar-refractivity contribution in [2.45, 2.75) is 45.3 Å². The van der Waals surface area contributed by atoms with Crippen LogP contribution in [0.5, 0.6) is 0 Å². The van der Waals surface area contributed by atoms with Gasteiger partial charge in [-0.15, -0.1) is 0 Å². The summed E-state index contributed by atoms with van der Waals surface area (Å²) in [5, 5.41) is 0. The quantitative estimate of drug-likeness (QED) is 0.768. The molecule has 0 aromatic heterocycles. The third kappa shape index (κ3) is 2.17. The smallest absolute Gasteiger partial charge is 0.399 e. The fourth-order valence-electron chi connectivity index (χ4n) is 1.76. The van der Waals surface area contributed by atoms with Crippen molar-refractivity contribution in [2.75, 3.05) is 17.9 Å². The molecule has 3 nitrogen and oxygen atoms in total. The van der Waals surface area contributed by atoms with E-state index >= 15 is 0 Å². The largest absolute Gasteiger partial charge is 0.494 e. The number of anilines is 1. The maximum absolute atomic E-state index is 8.52. The molecule has 0 aliphatic carbocycles. The lowest BCUT2D eigenvalue weighted by Gasteiger charge is -2.33. The Balaban J connectivity index is 2.23. The van der Waals surface area contributed by atoms with Crippen LogP contribution in [0.4, 0.5) is 5.69 Å². The van der Waals surface area contributed by atoms with Crippen LogP contribution in [0.15, 0.2) is 24.2 Å². The van der Waals surface area contributed by atoms with Gasteiger partial charge in [0.2, 0.25) is 0 Å². The maximum atomic E-state index is 8.52. The minimum Gasteiger partial charge on any atom is -0.399 e. The molecule has 2 aliphatic rings. The molecule has 0 spiro atoms. The Morgan fingerprint density at radius 3 is 2.47 bits per heavy atom. The first-order chi connectivity index (χ1) is 12.8. The summed E-state index contributed by atoms with van der Waals surface area (Å²) < 4.78 is 92.1. The van der Waals surface area contributed by atoms with E-state index in [0.717, 1.165) is 0 Å². The van der Waals surface area contributed by atoms with Crippen LogP contribution in [0.1, 0.15) is 47.8 Å². The van der Waals surface area contributed by atoms with E-state index in [1.54, 1.807) is 27.7 Å². The van der Waals surface area contributed by atoms with E-state index in [1.165, 1.54) is 0 Å². The first-order valence-corrected chi connectivity index (χ1v) is 6.09. The highest BCUT2D eigenvalue weighted by Gasteiger charge is 2.51. The van der Waals surface area contributed by atoms with Crippen molar-refractivity contribution < 1.29 is 23.0 Å². The van der Waals surface area contributed by atoms with Gasteiger partial charge in [0.15, 0.2) is 0 Å². The molecule has 4 heteroatoms. The summed E-state index contributed by atoms with van der Waals surface area (Å²) in [7, 11) is -1.25. The topological polar surface area (TPSA) is 21.7 Å². The van der Waals surface area contributed by atoms with Gasteiger partial charge in [-0.3, -0.25) is 0 Å². The van der Waals surface area contributed by atoms with E-state index < -0.39 is 67.5 Å². The molecule has 0 amide bonds. The highest BCUT2D eigenvalue weighted by atomic mass is 16.7. The molecule has 0 atom stereocenters. The molecular weight excluding hydrogens is 237 g/mol. The predicted molar refractivity (Wildman–Crippen MR) is 79.0 cm³/mol. The second kappa shape index (κ2) is 4.25. The first kappa shape index (κ1) is 5.78. The molecule has 2 fully saturated rings. The Morgan fingerprint density at radius 2 is 1.84 bits per heavy atom. The Bertz CT molecular complexity index is 855. The molecule has 0 N–H and O–H groups in total. The molecule has 2 heterocycles. The zero-order chi connectivity index (χ0) is 22.5. The highest BCUT2D eigenvalue weighted by molar-refractivity contribution is 6.62. The third-order valence-corrected chi connectivity index (χ3v) is 3.68. The van der Waals surface area contributed by atoms with Gasteiger partial charge in [0.05, 0.1) is 16.7 Å². The van der Waals surface area contributed by atoms with Crippen LogP contribution in [0.25, 0.3) is 0 Å². The van der Waals surface area contributed by atoms with Crippen LogP contribution in [-0.2, 0) is 9.31 Å². The minimum atomic E-state index is -2.91. The van der Waals surface area contributed by atoms with Crippen molar-refractivity contribution in [3.05, 3.63) is 24.2 Å². The van der Waals surface area contributed by atoms with Crippen molar-refractivity contribution in [1.29, 1.82) is 0 Å². The minimum absolute atomic E-state index is 0.223. The standard InChI is InChI=1S/C15H22BNO2/c1-14(2)15(3,4)19-16(18-14)12-7-5-8-13(11-12)17-9-6-10-17/h5,7-8,11H,6,9-10H2,1-4H3/i5D,6D2,7D,8D,9D2,10D2,11D. The van der Waals surface area contributed by atoms with Crippen LogP contribution in [0, 0.1) is 0 Å². The van der Waals surface area contributed by atoms with E-state index in [-0.39, 0.29) is 5.46 Å². The number of nitrogens with zero attached hydrogens (tertiary/aromatic N) is 1. The highest BCUT2D eigenvalue weighted by Crippen LogP contribution is 2.36. The Kier molecular flexibility index (Phi) is 1.29. The van der Waals surface area contributed by atoms with E-state index in [2.05, 4.69) is 0 Å². The normalized spacial score (nSPS) is 40.0. The lowest BCUT2D eigenvalue weighted by atomic mass is 9.79. The second-order valence-electron chi connectivity index (χ2n) is 5.53. The lowest BCUT2D eigenvalue weighted by molar-refractivity contribution is 0.00578. The summed E-state index contributed by atoms with van der Waals surface area (Å²) >= 11 is 0. The zero-order valence-electron chi connectivity index (χ0n) is 21.3. The average molecular weight is 269 g/mol. The molecule has 1 aromatic rings. The molecule has 19 heavy (non-hydrogen) atoms. The monoisotopic (exact) mass is 269 g/mol. The first-order valence-electron chi connectivity index (χ1n) is 11.1. The summed E-state index contributed by atoms with van der Waals surface area (Å²) in [6.45, 7) is 1.27. The van der Waals surface area contributed by atoms with Gasteiger partial charge in [0.25, 0.3) is 0 Å². The van der Waals surface area contributed by atoms with Gasteiger partial charge in [0.1, 0.15) is 0 Å². The Labute approximate surface area is 130 Å². The van der Waals surface area contributed by atoms with Crippen molar-refractivity contribution in [2.24, 2.45) is 0 Å². The summed E-state index contributed by atoms with van der Waals surface area (Å²) in [6.07, 6.45) is -2.91. The maximum Gasteiger partial charge on any atom is 0.494 e. The molecule has 2 saturated heterocycles. The Hall–Kier alpha value is -0.995. The summed E-state index contributed by atoms with van der Waals surface area (Å²) in [4.78, 5) is 0.358. The molecular formula is C15H22BNO2. The molecule has 1 aromatic carbocycles. The molecule has 3 rings (SSSR count). The van der Waals surface area contributed by atoms with Gasteiger partial charge in [-0.25, -0.2) is 0 Å². The zero-order valence-corrected chi connectivity index (χ0v) is 11.3. The summed E-state index contributed by atoms with van der Waals surface area (Å²) in [5.41, 5.74) is -2.48. The second-order valence-corrected chi connectivity index (χ2v) is 5.53. The fourth-order valence-corrected chi connectivity index (χ4v) is 1.76. The van der Waals surface area contributed by atoms with Gasteiger partial charge < -0.3 is 14.2 Å². The van der Waals surface area contributed by atoms with E-state index in [1.807, 2.05) is 0 Å².